The van der Waals surface area contributed by atoms with Crippen LogP contribution >= 0.6 is 11.3 Å². The minimum Gasteiger partial charge on any atom is -0.490 e. The summed E-state index contributed by atoms with van der Waals surface area (Å²) >= 11 is 1.79. The fraction of sp³-hybridized carbons (Fsp3) is 0.500. The lowest BCUT2D eigenvalue weighted by Gasteiger charge is -2.40. The van der Waals surface area contributed by atoms with E-state index >= 15 is 0 Å². The van der Waals surface area contributed by atoms with Gasteiger partial charge in [-0.05, 0) is 60.7 Å². The molecule has 1 aromatic heterocycles. The first-order chi connectivity index (χ1) is 9.37. The van der Waals surface area contributed by atoms with Gasteiger partial charge in [0.15, 0.2) is 0 Å². The monoisotopic (exact) mass is 273 g/mol. The van der Waals surface area contributed by atoms with E-state index in [1.54, 1.807) is 11.3 Å². The van der Waals surface area contributed by atoms with Gasteiger partial charge in [0.25, 0.3) is 0 Å². The van der Waals surface area contributed by atoms with Crippen molar-refractivity contribution in [1.82, 2.24) is 5.32 Å². The zero-order chi connectivity index (χ0) is 12.7. The second-order valence-electron chi connectivity index (χ2n) is 5.82. The molecule has 2 unspecified atom stereocenters. The summed E-state index contributed by atoms with van der Waals surface area (Å²) in [6.45, 7) is 0. The number of hydrogen-bond acceptors (Lipinski definition) is 3. The fourth-order valence-corrected chi connectivity index (χ4v) is 4.33. The number of nitrogens with one attached hydrogen (secondary N) is 1. The topological polar surface area (TPSA) is 21.3 Å². The van der Waals surface area contributed by atoms with Crippen molar-refractivity contribution in [2.75, 3.05) is 0 Å². The van der Waals surface area contributed by atoms with Gasteiger partial charge in [-0.2, -0.15) is 0 Å². The molecule has 3 heteroatoms. The first-order valence-corrected chi connectivity index (χ1v) is 8.15. The van der Waals surface area contributed by atoms with Gasteiger partial charge < -0.3 is 10.1 Å². The van der Waals surface area contributed by atoms with Crippen molar-refractivity contribution in [1.29, 1.82) is 0 Å². The number of ether oxygens (including phenoxy) is 1. The van der Waals surface area contributed by atoms with E-state index in [1.165, 1.54) is 42.2 Å². The van der Waals surface area contributed by atoms with Gasteiger partial charge in [0.1, 0.15) is 11.9 Å². The molecule has 1 aromatic carbocycles. The molecule has 0 spiro atoms. The maximum Gasteiger partial charge on any atom is 0.121 e. The highest BCUT2D eigenvalue weighted by molar-refractivity contribution is 7.17. The van der Waals surface area contributed by atoms with Crippen LogP contribution in [0.25, 0.3) is 10.1 Å². The number of rotatable bonds is 2. The summed E-state index contributed by atoms with van der Waals surface area (Å²) in [6.07, 6.45) is 6.75. The Kier molecular flexibility index (Phi) is 2.97. The van der Waals surface area contributed by atoms with E-state index in [4.69, 9.17) is 4.74 Å². The second-order valence-corrected chi connectivity index (χ2v) is 6.77. The first-order valence-electron chi connectivity index (χ1n) is 7.27. The van der Waals surface area contributed by atoms with E-state index in [-0.39, 0.29) is 0 Å². The molecular weight excluding hydrogens is 254 g/mol. The molecule has 100 valence electrons. The lowest BCUT2D eigenvalue weighted by Crippen LogP contribution is -2.51. The smallest absolute Gasteiger partial charge is 0.121 e. The summed E-state index contributed by atoms with van der Waals surface area (Å²) in [7, 11) is 0. The highest BCUT2D eigenvalue weighted by Gasteiger charge is 2.32. The third kappa shape index (κ3) is 2.37. The van der Waals surface area contributed by atoms with Crippen LogP contribution in [0.3, 0.4) is 0 Å². The maximum absolute atomic E-state index is 6.24. The van der Waals surface area contributed by atoms with Crippen LogP contribution in [0.2, 0.25) is 0 Å². The minimum absolute atomic E-state index is 0.397. The third-order valence-electron chi connectivity index (χ3n) is 4.40. The van der Waals surface area contributed by atoms with Crippen molar-refractivity contribution >= 4 is 21.4 Å². The van der Waals surface area contributed by atoms with Crippen molar-refractivity contribution in [2.24, 2.45) is 0 Å². The minimum atomic E-state index is 0.397. The van der Waals surface area contributed by atoms with E-state index in [1.807, 2.05) is 0 Å². The number of fused-ring (bicyclic) bond motifs is 3. The largest absolute Gasteiger partial charge is 0.490 e. The molecule has 19 heavy (non-hydrogen) atoms. The molecule has 0 saturated carbocycles. The summed E-state index contributed by atoms with van der Waals surface area (Å²) in [5.41, 5.74) is 0. The van der Waals surface area contributed by atoms with Crippen molar-refractivity contribution in [3.05, 3.63) is 29.6 Å². The molecule has 3 heterocycles. The van der Waals surface area contributed by atoms with Crippen LogP contribution in [-0.4, -0.2) is 18.2 Å². The molecule has 1 N–H and O–H groups in total. The Bertz CT molecular complexity index is 567. The third-order valence-corrected chi connectivity index (χ3v) is 5.28. The molecule has 2 aliphatic rings. The van der Waals surface area contributed by atoms with Gasteiger partial charge in [0.05, 0.1) is 0 Å². The SMILES string of the molecule is c1cc2ccc(OC3CC4CCCC(C3)N4)cc2s1. The Hall–Kier alpha value is -1.06. The zero-order valence-electron chi connectivity index (χ0n) is 11.0. The average molecular weight is 273 g/mol. The Labute approximate surface area is 117 Å². The predicted molar refractivity (Wildman–Crippen MR) is 80.0 cm³/mol. The van der Waals surface area contributed by atoms with Gasteiger partial charge in [-0.25, -0.2) is 0 Å². The molecule has 2 aromatic rings. The Morgan fingerprint density at radius 2 is 1.95 bits per heavy atom. The van der Waals surface area contributed by atoms with Crippen molar-refractivity contribution in [2.45, 2.75) is 50.3 Å². The quantitative estimate of drug-likeness (QED) is 0.894. The lowest BCUT2D eigenvalue weighted by molar-refractivity contribution is 0.0928. The molecule has 2 bridgehead atoms. The summed E-state index contributed by atoms with van der Waals surface area (Å²) in [5, 5.41) is 7.18. The Morgan fingerprint density at radius 1 is 1.11 bits per heavy atom. The van der Waals surface area contributed by atoms with Crippen molar-refractivity contribution in [3.63, 3.8) is 0 Å². The van der Waals surface area contributed by atoms with Crippen LogP contribution < -0.4 is 10.1 Å². The van der Waals surface area contributed by atoms with Gasteiger partial charge >= 0.3 is 0 Å². The van der Waals surface area contributed by atoms with E-state index < -0.39 is 0 Å². The average Bonchev–Trinajstić information content (AvgIpc) is 2.85. The normalized spacial score (nSPS) is 30.4. The van der Waals surface area contributed by atoms with Gasteiger partial charge in [-0.3, -0.25) is 0 Å². The van der Waals surface area contributed by atoms with Gasteiger partial charge in [0.2, 0.25) is 0 Å². The van der Waals surface area contributed by atoms with Gasteiger partial charge in [0, 0.05) is 16.8 Å². The first kappa shape index (κ1) is 11.7. The van der Waals surface area contributed by atoms with E-state index in [9.17, 15) is 0 Å². The van der Waals surface area contributed by atoms with Crippen LogP contribution in [0, 0.1) is 0 Å². The standard InChI is InChI=1S/C16H19NOS/c1-2-12-8-15(9-13(3-1)17-12)18-14-5-4-11-6-7-19-16(11)10-14/h4-7,10,12-13,15,17H,1-3,8-9H2. The number of hydrogen-bond donors (Lipinski definition) is 1. The Morgan fingerprint density at radius 3 is 2.79 bits per heavy atom. The molecule has 2 atom stereocenters. The number of benzene rings is 1. The van der Waals surface area contributed by atoms with Gasteiger partial charge in [-0.15, -0.1) is 11.3 Å². The molecule has 0 aliphatic carbocycles. The highest BCUT2D eigenvalue weighted by Crippen LogP contribution is 2.31. The predicted octanol–water partition coefficient (Wildman–Crippen LogP) is 3.95. The van der Waals surface area contributed by atoms with Gasteiger partial charge in [-0.1, -0.05) is 6.42 Å². The lowest BCUT2D eigenvalue weighted by atomic mass is 9.85. The van der Waals surface area contributed by atoms with E-state index in [0.717, 1.165) is 5.75 Å². The molecule has 2 saturated heterocycles. The van der Waals surface area contributed by atoms with Crippen molar-refractivity contribution in [3.8, 4) is 5.75 Å². The summed E-state index contributed by atoms with van der Waals surface area (Å²) in [4.78, 5) is 0. The fourth-order valence-electron chi connectivity index (χ4n) is 3.51. The Balaban J connectivity index is 1.51. The van der Waals surface area contributed by atoms with Crippen molar-refractivity contribution < 1.29 is 4.74 Å². The molecule has 0 amide bonds. The van der Waals surface area contributed by atoms with Crippen LogP contribution in [0.15, 0.2) is 29.6 Å². The second kappa shape index (κ2) is 4.80. The van der Waals surface area contributed by atoms with E-state index in [0.29, 0.717) is 18.2 Å². The molecule has 2 aliphatic heterocycles. The molecular formula is C16H19NOS. The molecule has 2 nitrogen and oxygen atoms in total. The molecule has 4 rings (SSSR count). The number of thiophene rings is 1. The van der Waals surface area contributed by atoms with Crippen LogP contribution in [-0.2, 0) is 0 Å². The summed E-state index contributed by atoms with van der Waals surface area (Å²) in [5.74, 6) is 1.04. The van der Waals surface area contributed by atoms with E-state index in [2.05, 4.69) is 35.0 Å². The maximum atomic E-state index is 6.24. The van der Waals surface area contributed by atoms with Crippen LogP contribution in [0.1, 0.15) is 32.1 Å². The summed E-state index contributed by atoms with van der Waals surface area (Å²) in [6, 6.07) is 10.0. The van der Waals surface area contributed by atoms with Crippen LogP contribution in [0.4, 0.5) is 0 Å². The zero-order valence-corrected chi connectivity index (χ0v) is 11.8. The molecule has 2 fully saturated rings. The highest BCUT2D eigenvalue weighted by atomic mass is 32.1. The number of piperidine rings is 2. The molecule has 0 radical (unpaired) electrons. The van der Waals surface area contributed by atoms with Crippen LogP contribution in [0.5, 0.6) is 5.75 Å². The summed E-state index contributed by atoms with van der Waals surface area (Å²) < 4.78 is 7.56.